The molecule has 2 rings (SSSR count). The van der Waals surface area contributed by atoms with Crippen molar-refractivity contribution in [1.82, 2.24) is 15.1 Å². The van der Waals surface area contributed by atoms with Crippen molar-refractivity contribution in [2.24, 2.45) is 0 Å². The van der Waals surface area contributed by atoms with Crippen LogP contribution in [0.15, 0.2) is 22.9 Å². The highest BCUT2D eigenvalue weighted by Crippen LogP contribution is 2.15. The van der Waals surface area contributed by atoms with Crippen LogP contribution in [0.4, 0.5) is 0 Å². The molecular weight excluding hydrogens is 242 g/mol. The predicted octanol–water partition coefficient (Wildman–Crippen LogP) is 3.30. The van der Waals surface area contributed by atoms with E-state index in [0.29, 0.717) is 6.04 Å². The van der Waals surface area contributed by atoms with Crippen LogP contribution in [0.2, 0.25) is 0 Å². The first kappa shape index (κ1) is 13.3. The van der Waals surface area contributed by atoms with E-state index in [0.717, 1.165) is 25.2 Å². The van der Waals surface area contributed by atoms with Crippen molar-refractivity contribution in [2.45, 2.75) is 39.8 Å². The number of hydrogen-bond acceptors (Lipinski definition) is 3. The molecule has 0 bridgehead atoms. The molecule has 1 N–H and O–H groups in total. The maximum Gasteiger partial charge on any atom is 0.0596 e. The number of nitrogens with one attached hydrogen (secondary N) is 1. The smallest absolute Gasteiger partial charge is 0.0596 e. The maximum absolute atomic E-state index is 4.47. The molecule has 0 amide bonds. The molecule has 2 aromatic heterocycles. The molecule has 0 fully saturated rings. The molecule has 3 nitrogen and oxygen atoms in total. The average Bonchev–Trinajstić information content (AvgIpc) is 2.94. The van der Waals surface area contributed by atoms with E-state index in [1.807, 2.05) is 6.92 Å². The molecule has 2 aromatic rings. The third-order valence-corrected chi connectivity index (χ3v) is 3.85. The van der Waals surface area contributed by atoms with E-state index in [1.165, 1.54) is 11.3 Å². The minimum atomic E-state index is 0.441. The first-order valence-electron chi connectivity index (χ1n) is 6.43. The van der Waals surface area contributed by atoms with Gasteiger partial charge in [-0.1, -0.05) is 0 Å². The Hall–Kier alpha value is -1.13. The zero-order valence-electron chi connectivity index (χ0n) is 11.3. The molecule has 4 heteroatoms. The van der Waals surface area contributed by atoms with Gasteiger partial charge in [-0.3, -0.25) is 4.68 Å². The molecule has 1 unspecified atom stereocenters. The van der Waals surface area contributed by atoms with E-state index in [1.54, 1.807) is 11.3 Å². The quantitative estimate of drug-likeness (QED) is 0.810. The Morgan fingerprint density at radius 2 is 2.28 bits per heavy atom. The van der Waals surface area contributed by atoms with Crippen LogP contribution in [-0.4, -0.2) is 16.3 Å². The number of aryl methyl sites for hydroxylation is 3. The Labute approximate surface area is 113 Å². The number of thiophene rings is 1. The fourth-order valence-electron chi connectivity index (χ4n) is 2.09. The van der Waals surface area contributed by atoms with Crippen LogP contribution in [0.1, 0.15) is 36.3 Å². The predicted molar refractivity (Wildman–Crippen MR) is 77.1 cm³/mol. The van der Waals surface area contributed by atoms with Gasteiger partial charge in [0.25, 0.3) is 0 Å². The summed E-state index contributed by atoms with van der Waals surface area (Å²) < 4.78 is 2.09. The summed E-state index contributed by atoms with van der Waals surface area (Å²) in [6.45, 7) is 8.38. The van der Waals surface area contributed by atoms with Gasteiger partial charge >= 0.3 is 0 Å². The molecule has 0 spiro atoms. The fraction of sp³-hybridized carbons (Fsp3) is 0.500. The molecule has 18 heavy (non-hydrogen) atoms. The molecule has 1 atom stereocenters. The molecule has 0 radical (unpaired) electrons. The molecule has 0 aliphatic rings. The maximum atomic E-state index is 4.47. The second-order valence-corrected chi connectivity index (χ2v) is 5.52. The highest BCUT2D eigenvalue weighted by atomic mass is 32.1. The SMILES string of the molecule is Cc1cc(C)n(CCCNC(C)c2ccsc2)n1. The zero-order valence-corrected chi connectivity index (χ0v) is 12.1. The van der Waals surface area contributed by atoms with E-state index in [-0.39, 0.29) is 0 Å². The summed E-state index contributed by atoms with van der Waals surface area (Å²) in [5.41, 5.74) is 3.73. The van der Waals surface area contributed by atoms with Crippen molar-refractivity contribution in [3.63, 3.8) is 0 Å². The molecule has 0 saturated carbocycles. The average molecular weight is 263 g/mol. The second kappa shape index (κ2) is 6.16. The number of hydrogen-bond donors (Lipinski definition) is 1. The summed E-state index contributed by atoms with van der Waals surface area (Å²) in [5, 5.41) is 12.3. The van der Waals surface area contributed by atoms with E-state index in [2.05, 4.69) is 51.8 Å². The van der Waals surface area contributed by atoms with Crippen molar-refractivity contribution >= 4 is 11.3 Å². The van der Waals surface area contributed by atoms with Gasteiger partial charge < -0.3 is 5.32 Å². The molecule has 0 aliphatic carbocycles. The van der Waals surface area contributed by atoms with Crippen LogP contribution in [0.25, 0.3) is 0 Å². The highest BCUT2D eigenvalue weighted by molar-refractivity contribution is 7.07. The molecule has 0 saturated heterocycles. The normalized spacial score (nSPS) is 12.8. The third-order valence-electron chi connectivity index (χ3n) is 3.14. The summed E-state index contributed by atoms with van der Waals surface area (Å²) in [4.78, 5) is 0. The minimum absolute atomic E-state index is 0.441. The Kier molecular flexibility index (Phi) is 4.55. The Balaban J connectivity index is 1.72. The summed E-state index contributed by atoms with van der Waals surface area (Å²) in [6, 6.07) is 4.75. The van der Waals surface area contributed by atoms with Gasteiger partial charge in [0.15, 0.2) is 0 Å². The lowest BCUT2D eigenvalue weighted by Crippen LogP contribution is -2.21. The molecule has 98 valence electrons. The van der Waals surface area contributed by atoms with Crippen LogP contribution in [0.5, 0.6) is 0 Å². The third kappa shape index (κ3) is 3.43. The van der Waals surface area contributed by atoms with E-state index in [9.17, 15) is 0 Å². The van der Waals surface area contributed by atoms with Gasteiger partial charge in [-0.2, -0.15) is 16.4 Å². The topological polar surface area (TPSA) is 29.9 Å². The van der Waals surface area contributed by atoms with Gasteiger partial charge in [-0.25, -0.2) is 0 Å². The van der Waals surface area contributed by atoms with Crippen molar-refractivity contribution in [2.75, 3.05) is 6.54 Å². The summed E-state index contributed by atoms with van der Waals surface area (Å²) in [7, 11) is 0. The summed E-state index contributed by atoms with van der Waals surface area (Å²) in [6.07, 6.45) is 1.11. The van der Waals surface area contributed by atoms with Gasteiger partial charge in [0.1, 0.15) is 0 Å². The van der Waals surface area contributed by atoms with E-state index < -0.39 is 0 Å². The van der Waals surface area contributed by atoms with Crippen molar-refractivity contribution in [1.29, 1.82) is 0 Å². The first-order valence-corrected chi connectivity index (χ1v) is 7.37. The standard InChI is InChI=1S/C14H21N3S/c1-11-9-12(2)17(16-11)7-4-6-15-13(3)14-5-8-18-10-14/h5,8-10,13,15H,4,6-7H2,1-3H3. The summed E-state index contributed by atoms with van der Waals surface area (Å²) in [5.74, 6) is 0. The Bertz CT molecular complexity index is 473. The van der Waals surface area contributed by atoms with Crippen molar-refractivity contribution in [3.8, 4) is 0 Å². The van der Waals surface area contributed by atoms with Crippen LogP contribution >= 0.6 is 11.3 Å². The lowest BCUT2D eigenvalue weighted by atomic mass is 10.2. The van der Waals surface area contributed by atoms with Crippen molar-refractivity contribution < 1.29 is 0 Å². The van der Waals surface area contributed by atoms with E-state index in [4.69, 9.17) is 0 Å². The second-order valence-electron chi connectivity index (χ2n) is 4.74. The number of nitrogens with zero attached hydrogens (tertiary/aromatic N) is 2. The van der Waals surface area contributed by atoms with Gasteiger partial charge in [0.05, 0.1) is 5.69 Å². The lowest BCUT2D eigenvalue weighted by molar-refractivity contribution is 0.501. The summed E-state index contributed by atoms with van der Waals surface area (Å²) >= 11 is 1.75. The minimum Gasteiger partial charge on any atom is -0.310 e. The first-order chi connectivity index (χ1) is 8.66. The number of aromatic nitrogens is 2. The van der Waals surface area contributed by atoms with Crippen LogP contribution < -0.4 is 5.32 Å². The Morgan fingerprint density at radius 1 is 1.44 bits per heavy atom. The van der Waals surface area contributed by atoms with Gasteiger partial charge in [0.2, 0.25) is 0 Å². The van der Waals surface area contributed by atoms with Crippen LogP contribution in [0, 0.1) is 13.8 Å². The molecule has 0 aliphatic heterocycles. The van der Waals surface area contributed by atoms with Gasteiger partial charge in [-0.15, -0.1) is 0 Å². The highest BCUT2D eigenvalue weighted by Gasteiger charge is 2.04. The van der Waals surface area contributed by atoms with Gasteiger partial charge in [-0.05, 0) is 62.2 Å². The van der Waals surface area contributed by atoms with Gasteiger partial charge in [0, 0.05) is 18.3 Å². The fourth-order valence-corrected chi connectivity index (χ4v) is 2.84. The lowest BCUT2D eigenvalue weighted by Gasteiger charge is -2.12. The zero-order chi connectivity index (χ0) is 13.0. The number of rotatable bonds is 6. The van der Waals surface area contributed by atoms with Crippen LogP contribution in [-0.2, 0) is 6.54 Å². The molecule has 2 heterocycles. The largest absolute Gasteiger partial charge is 0.310 e. The van der Waals surface area contributed by atoms with E-state index >= 15 is 0 Å². The van der Waals surface area contributed by atoms with Crippen molar-refractivity contribution in [3.05, 3.63) is 39.8 Å². The Morgan fingerprint density at radius 3 is 2.89 bits per heavy atom. The molecular formula is C14H21N3S. The molecule has 0 aromatic carbocycles. The monoisotopic (exact) mass is 263 g/mol. The van der Waals surface area contributed by atoms with Crippen LogP contribution in [0.3, 0.4) is 0 Å².